The Morgan fingerprint density at radius 2 is 1.66 bits per heavy atom. The SMILES string of the molecule is Cc1cc(C)c(NC(=O)CN(C)C(=O)c2cccc(NC(=O)c3ccc(Br)o3)c2)c(C)c1. The van der Waals surface area contributed by atoms with E-state index in [-0.39, 0.29) is 24.1 Å². The summed E-state index contributed by atoms with van der Waals surface area (Å²) in [5.41, 5.74) is 4.61. The van der Waals surface area contributed by atoms with Crippen molar-refractivity contribution in [1.29, 1.82) is 0 Å². The number of carbonyl (C=O) groups excluding carboxylic acids is 3. The molecule has 3 aromatic rings. The molecule has 0 aliphatic rings. The predicted molar refractivity (Wildman–Crippen MR) is 127 cm³/mol. The van der Waals surface area contributed by atoms with E-state index in [1.165, 1.54) is 11.0 Å². The Bertz CT molecular complexity index is 1160. The molecule has 0 bridgehead atoms. The Balaban J connectivity index is 1.65. The first kappa shape index (κ1) is 23.3. The van der Waals surface area contributed by atoms with Gasteiger partial charge in [-0.05, 0) is 78.2 Å². The molecule has 0 atom stereocenters. The smallest absolute Gasteiger partial charge is 0.291 e. The second-order valence-corrected chi connectivity index (χ2v) is 8.40. The lowest BCUT2D eigenvalue weighted by molar-refractivity contribution is -0.116. The van der Waals surface area contributed by atoms with Gasteiger partial charge in [-0.3, -0.25) is 14.4 Å². The summed E-state index contributed by atoms with van der Waals surface area (Å²) in [6.07, 6.45) is 0. The molecule has 0 aliphatic heterocycles. The monoisotopic (exact) mass is 497 g/mol. The van der Waals surface area contributed by atoms with E-state index in [0.717, 1.165) is 22.4 Å². The highest BCUT2D eigenvalue weighted by molar-refractivity contribution is 9.10. The molecule has 8 heteroatoms. The first-order valence-corrected chi connectivity index (χ1v) is 10.7. The largest absolute Gasteiger partial charge is 0.444 e. The van der Waals surface area contributed by atoms with Gasteiger partial charge in [-0.15, -0.1) is 0 Å². The average molecular weight is 498 g/mol. The summed E-state index contributed by atoms with van der Waals surface area (Å²) < 4.78 is 5.68. The molecule has 0 fully saturated rings. The third-order valence-corrected chi connectivity index (χ3v) is 5.26. The molecule has 3 amide bonds. The average Bonchev–Trinajstić information content (AvgIpc) is 3.16. The van der Waals surface area contributed by atoms with Crippen LogP contribution in [0.3, 0.4) is 0 Å². The van der Waals surface area contributed by atoms with E-state index < -0.39 is 5.91 Å². The van der Waals surface area contributed by atoms with Crippen LogP contribution in [0, 0.1) is 20.8 Å². The molecule has 1 heterocycles. The van der Waals surface area contributed by atoms with Gasteiger partial charge in [0.15, 0.2) is 10.4 Å². The van der Waals surface area contributed by atoms with Gasteiger partial charge in [0.1, 0.15) is 0 Å². The van der Waals surface area contributed by atoms with Crippen molar-refractivity contribution in [2.75, 3.05) is 24.2 Å². The number of hydrogen-bond acceptors (Lipinski definition) is 4. The standard InChI is InChI=1S/C24H24BrN3O4/c1-14-10-15(2)22(16(3)11-14)27-21(29)13-28(4)24(31)17-6-5-7-18(12-17)26-23(30)19-8-9-20(25)32-19/h5-12H,13H2,1-4H3,(H,26,30)(H,27,29). The number of rotatable bonds is 6. The van der Waals surface area contributed by atoms with E-state index in [4.69, 9.17) is 4.42 Å². The van der Waals surface area contributed by atoms with Gasteiger partial charge in [0.2, 0.25) is 5.91 Å². The van der Waals surface area contributed by atoms with Crippen LogP contribution < -0.4 is 10.6 Å². The van der Waals surface area contributed by atoms with Crippen molar-refractivity contribution in [3.8, 4) is 0 Å². The number of nitrogens with zero attached hydrogens (tertiary/aromatic N) is 1. The number of aryl methyl sites for hydroxylation is 3. The highest BCUT2D eigenvalue weighted by Crippen LogP contribution is 2.22. The Kier molecular flexibility index (Phi) is 7.15. The molecule has 0 aliphatic carbocycles. The van der Waals surface area contributed by atoms with Gasteiger partial charge in [0, 0.05) is 24.0 Å². The van der Waals surface area contributed by atoms with E-state index in [2.05, 4.69) is 26.6 Å². The second kappa shape index (κ2) is 9.82. The highest BCUT2D eigenvalue weighted by atomic mass is 79.9. The lowest BCUT2D eigenvalue weighted by atomic mass is 10.1. The zero-order valence-electron chi connectivity index (χ0n) is 18.3. The van der Waals surface area contributed by atoms with E-state index in [1.54, 1.807) is 37.4 Å². The number of halogens is 1. The Labute approximate surface area is 194 Å². The number of benzene rings is 2. The summed E-state index contributed by atoms with van der Waals surface area (Å²) in [7, 11) is 1.56. The van der Waals surface area contributed by atoms with Crippen LogP contribution in [0.5, 0.6) is 0 Å². The zero-order chi connectivity index (χ0) is 23.4. The van der Waals surface area contributed by atoms with Crippen molar-refractivity contribution in [2.45, 2.75) is 20.8 Å². The fourth-order valence-corrected chi connectivity index (χ4v) is 3.73. The maximum absolute atomic E-state index is 12.8. The summed E-state index contributed by atoms with van der Waals surface area (Å²) in [5.74, 6) is -0.918. The molecular formula is C24H24BrN3O4. The van der Waals surface area contributed by atoms with Crippen molar-refractivity contribution in [1.82, 2.24) is 4.90 Å². The predicted octanol–water partition coefficient (Wildman–Crippen LogP) is 4.93. The van der Waals surface area contributed by atoms with E-state index in [1.807, 2.05) is 32.9 Å². The number of hydrogen-bond donors (Lipinski definition) is 2. The molecular weight excluding hydrogens is 474 g/mol. The molecule has 166 valence electrons. The Hall–Kier alpha value is -3.39. The van der Waals surface area contributed by atoms with E-state index in [9.17, 15) is 14.4 Å². The lowest BCUT2D eigenvalue weighted by Gasteiger charge is -2.19. The van der Waals surface area contributed by atoms with E-state index >= 15 is 0 Å². The van der Waals surface area contributed by atoms with Crippen LogP contribution in [0.4, 0.5) is 11.4 Å². The molecule has 0 spiro atoms. The van der Waals surface area contributed by atoms with Gasteiger partial charge in [-0.25, -0.2) is 0 Å². The molecule has 0 unspecified atom stereocenters. The molecule has 0 saturated carbocycles. The molecule has 32 heavy (non-hydrogen) atoms. The van der Waals surface area contributed by atoms with Crippen LogP contribution in [0.1, 0.15) is 37.6 Å². The molecule has 0 saturated heterocycles. The van der Waals surface area contributed by atoms with Crippen LogP contribution in [-0.4, -0.2) is 36.2 Å². The van der Waals surface area contributed by atoms with Crippen molar-refractivity contribution >= 4 is 45.0 Å². The van der Waals surface area contributed by atoms with Gasteiger partial charge < -0.3 is 20.0 Å². The first-order valence-electron chi connectivity index (χ1n) is 9.94. The molecule has 3 rings (SSSR count). The summed E-state index contributed by atoms with van der Waals surface area (Å²) in [6, 6.07) is 13.7. The summed E-state index contributed by atoms with van der Waals surface area (Å²) in [4.78, 5) is 39.0. The highest BCUT2D eigenvalue weighted by Gasteiger charge is 2.18. The maximum atomic E-state index is 12.8. The quantitative estimate of drug-likeness (QED) is 0.504. The van der Waals surface area contributed by atoms with Crippen LogP contribution in [-0.2, 0) is 4.79 Å². The molecule has 7 nitrogen and oxygen atoms in total. The van der Waals surface area contributed by atoms with Gasteiger partial charge in [0.05, 0.1) is 6.54 Å². The third kappa shape index (κ3) is 5.64. The van der Waals surface area contributed by atoms with Crippen molar-refractivity contribution < 1.29 is 18.8 Å². The Morgan fingerprint density at radius 3 is 2.28 bits per heavy atom. The van der Waals surface area contributed by atoms with Crippen molar-refractivity contribution in [2.24, 2.45) is 0 Å². The van der Waals surface area contributed by atoms with E-state index in [0.29, 0.717) is 15.9 Å². The van der Waals surface area contributed by atoms with Crippen LogP contribution in [0.15, 0.2) is 57.6 Å². The number of amides is 3. The minimum Gasteiger partial charge on any atom is -0.444 e. The van der Waals surface area contributed by atoms with Crippen LogP contribution in [0.25, 0.3) is 0 Å². The fourth-order valence-electron chi connectivity index (χ4n) is 3.42. The molecule has 1 aromatic heterocycles. The normalized spacial score (nSPS) is 10.5. The second-order valence-electron chi connectivity index (χ2n) is 7.62. The minimum absolute atomic E-state index is 0.109. The van der Waals surface area contributed by atoms with Crippen LogP contribution >= 0.6 is 15.9 Å². The molecule has 2 aromatic carbocycles. The summed E-state index contributed by atoms with van der Waals surface area (Å²) in [5, 5.41) is 5.59. The van der Waals surface area contributed by atoms with Gasteiger partial charge in [-0.2, -0.15) is 0 Å². The fraction of sp³-hybridized carbons (Fsp3) is 0.208. The lowest BCUT2D eigenvalue weighted by Crippen LogP contribution is -2.35. The zero-order valence-corrected chi connectivity index (χ0v) is 19.9. The number of furan rings is 1. The first-order chi connectivity index (χ1) is 15.1. The van der Waals surface area contributed by atoms with Crippen LogP contribution in [0.2, 0.25) is 0 Å². The van der Waals surface area contributed by atoms with Gasteiger partial charge >= 0.3 is 0 Å². The summed E-state index contributed by atoms with van der Waals surface area (Å²) in [6.45, 7) is 5.77. The number of likely N-dealkylation sites (N-methyl/N-ethyl adjacent to an activating group) is 1. The minimum atomic E-state index is -0.433. The number of carbonyl (C=O) groups is 3. The number of nitrogens with one attached hydrogen (secondary N) is 2. The topological polar surface area (TPSA) is 91.7 Å². The summed E-state index contributed by atoms with van der Waals surface area (Å²) >= 11 is 3.15. The van der Waals surface area contributed by atoms with Crippen molar-refractivity contribution in [3.63, 3.8) is 0 Å². The molecule has 0 radical (unpaired) electrons. The molecule has 2 N–H and O–H groups in total. The number of anilines is 2. The van der Waals surface area contributed by atoms with Crippen molar-refractivity contribution in [3.05, 3.63) is 81.2 Å². The van der Waals surface area contributed by atoms with Gasteiger partial charge in [0.25, 0.3) is 11.8 Å². The van der Waals surface area contributed by atoms with Gasteiger partial charge in [-0.1, -0.05) is 23.8 Å². The third-order valence-electron chi connectivity index (χ3n) is 4.83. The Morgan fingerprint density at radius 1 is 0.969 bits per heavy atom. The maximum Gasteiger partial charge on any atom is 0.291 e.